The predicted octanol–water partition coefficient (Wildman–Crippen LogP) is 4.32. The Morgan fingerprint density at radius 3 is 2.67 bits per heavy atom. The average molecular weight is 316 g/mol. The molecule has 0 bridgehead atoms. The molecule has 2 aromatic carbocycles. The van der Waals surface area contributed by atoms with Crippen LogP contribution in [-0.4, -0.2) is 19.2 Å². The Morgan fingerprint density at radius 2 is 1.92 bits per heavy atom. The van der Waals surface area contributed by atoms with Gasteiger partial charge in [0.15, 0.2) is 0 Å². The van der Waals surface area contributed by atoms with Gasteiger partial charge >= 0.3 is 0 Å². The summed E-state index contributed by atoms with van der Waals surface area (Å²) >= 11 is 0. The number of nitrogens with zero attached hydrogens (tertiary/aromatic N) is 2. The van der Waals surface area contributed by atoms with Crippen LogP contribution in [0.25, 0.3) is 22.6 Å². The number of pyridine rings is 1. The van der Waals surface area contributed by atoms with Crippen LogP contribution in [0.2, 0.25) is 0 Å². The van der Waals surface area contributed by atoms with Crippen molar-refractivity contribution in [2.24, 2.45) is 0 Å². The fourth-order valence-electron chi connectivity index (χ4n) is 2.59. The van der Waals surface area contributed by atoms with Crippen molar-refractivity contribution in [1.29, 1.82) is 5.26 Å². The first-order valence-corrected chi connectivity index (χ1v) is 7.44. The van der Waals surface area contributed by atoms with Gasteiger partial charge in [-0.1, -0.05) is 18.2 Å². The van der Waals surface area contributed by atoms with Crippen LogP contribution in [0, 0.1) is 11.3 Å². The van der Waals surface area contributed by atoms with Crippen molar-refractivity contribution in [3.8, 4) is 17.6 Å². The number of fused-ring (bicyclic) bond motifs is 1. The lowest BCUT2D eigenvalue weighted by Gasteiger charge is -2.10. The van der Waals surface area contributed by atoms with Crippen molar-refractivity contribution in [2.75, 3.05) is 14.2 Å². The van der Waals surface area contributed by atoms with E-state index in [4.69, 9.17) is 9.47 Å². The third-order valence-electron chi connectivity index (χ3n) is 3.80. The zero-order chi connectivity index (χ0) is 16.9. The summed E-state index contributed by atoms with van der Waals surface area (Å²) in [6, 6.07) is 17.4. The van der Waals surface area contributed by atoms with Gasteiger partial charge < -0.3 is 9.47 Å². The summed E-state index contributed by atoms with van der Waals surface area (Å²) in [4.78, 5) is 4.35. The summed E-state index contributed by atoms with van der Waals surface area (Å²) in [5.41, 5.74) is 3.08. The number of nitriles is 1. The number of methoxy groups -OCH3 is 2. The van der Waals surface area contributed by atoms with Gasteiger partial charge in [0.2, 0.25) is 0 Å². The number of allylic oxidation sites excluding steroid dienone is 1. The number of ether oxygens (including phenoxy) is 2. The zero-order valence-corrected chi connectivity index (χ0v) is 13.5. The lowest BCUT2D eigenvalue weighted by molar-refractivity contribution is 0.393. The van der Waals surface area contributed by atoms with Crippen LogP contribution in [0.3, 0.4) is 0 Å². The Kier molecular flexibility index (Phi) is 4.44. The molecular formula is C20H16N2O2. The first kappa shape index (κ1) is 15.6. The van der Waals surface area contributed by atoms with E-state index in [9.17, 15) is 5.26 Å². The molecule has 0 aliphatic heterocycles. The molecule has 0 fully saturated rings. The molecule has 0 unspecified atom stereocenters. The van der Waals surface area contributed by atoms with E-state index in [1.807, 2.05) is 48.5 Å². The van der Waals surface area contributed by atoms with Gasteiger partial charge in [-0.25, -0.2) is 0 Å². The van der Waals surface area contributed by atoms with Crippen LogP contribution >= 0.6 is 0 Å². The quantitative estimate of drug-likeness (QED) is 0.673. The van der Waals surface area contributed by atoms with Gasteiger partial charge in [-0.3, -0.25) is 4.98 Å². The molecule has 0 radical (unpaired) electrons. The molecule has 0 amide bonds. The van der Waals surface area contributed by atoms with E-state index in [0.29, 0.717) is 17.1 Å². The molecule has 0 spiro atoms. The highest BCUT2D eigenvalue weighted by molar-refractivity contribution is 5.98. The van der Waals surface area contributed by atoms with Crippen molar-refractivity contribution < 1.29 is 9.47 Å². The summed E-state index contributed by atoms with van der Waals surface area (Å²) in [6.45, 7) is 0. The van der Waals surface area contributed by atoms with Crippen LogP contribution < -0.4 is 9.47 Å². The fourth-order valence-corrected chi connectivity index (χ4v) is 2.59. The van der Waals surface area contributed by atoms with Crippen LogP contribution in [0.5, 0.6) is 11.5 Å². The zero-order valence-electron chi connectivity index (χ0n) is 13.5. The lowest BCUT2D eigenvalue weighted by Crippen LogP contribution is -1.93. The first-order valence-electron chi connectivity index (χ1n) is 7.44. The number of rotatable bonds is 4. The van der Waals surface area contributed by atoms with Crippen LogP contribution in [0.4, 0.5) is 0 Å². The van der Waals surface area contributed by atoms with E-state index in [1.54, 1.807) is 26.5 Å². The monoisotopic (exact) mass is 316 g/mol. The minimum absolute atomic E-state index is 0.519. The summed E-state index contributed by atoms with van der Waals surface area (Å²) in [6.07, 6.45) is 3.60. The Morgan fingerprint density at radius 1 is 1.08 bits per heavy atom. The smallest absolute Gasteiger partial charge is 0.131 e. The van der Waals surface area contributed by atoms with E-state index in [0.717, 1.165) is 22.0 Å². The molecule has 118 valence electrons. The van der Waals surface area contributed by atoms with Crippen molar-refractivity contribution in [2.45, 2.75) is 0 Å². The van der Waals surface area contributed by atoms with Crippen LogP contribution in [0.15, 0.2) is 54.7 Å². The van der Waals surface area contributed by atoms with Crippen molar-refractivity contribution in [3.63, 3.8) is 0 Å². The van der Waals surface area contributed by atoms with Gasteiger partial charge in [-0.2, -0.15) is 5.26 Å². The lowest BCUT2D eigenvalue weighted by atomic mass is 10.0. The number of hydrogen-bond donors (Lipinski definition) is 0. The maximum Gasteiger partial charge on any atom is 0.131 e. The van der Waals surface area contributed by atoms with E-state index in [-0.39, 0.29) is 0 Å². The number of benzene rings is 2. The number of hydrogen-bond acceptors (Lipinski definition) is 4. The summed E-state index contributed by atoms with van der Waals surface area (Å²) in [5.74, 6) is 1.28. The molecule has 0 atom stereocenters. The van der Waals surface area contributed by atoms with E-state index in [1.165, 1.54) is 0 Å². The molecule has 4 heteroatoms. The Balaban J connectivity index is 2.15. The molecule has 3 rings (SSSR count). The number of aromatic nitrogens is 1. The van der Waals surface area contributed by atoms with Gasteiger partial charge in [-0.05, 0) is 35.9 Å². The second kappa shape index (κ2) is 6.84. The minimum atomic E-state index is 0.519. The van der Waals surface area contributed by atoms with Gasteiger partial charge in [0.1, 0.15) is 11.5 Å². The minimum Gasteiger partial charge on any atom is -0.497 e. The van der Waals surface area contributed by atoms with Crippen LogP contribution in [0.1, 0.15) is 11.1 Å². The first-order chi connectivity index (χ1) is 11.8. The Labute approximate surface area is 140 Å². The highest BCUT2D eigenvalue weighted by Crippen LogP contribution is 2.31. The maximum atomic E-state index is 9.64. The largest absolute Gasteiger partial charge is 0.497 e. The molecule has 0 N–H and O–H groups in total. The number of para-hydroxylation sites is 1. The Hall–Kier alpha value is -3.32. The molecule has 1 aromatic heterocycles. The van der Waals surface area contributed by atoms with E-state index in [2.05, 4.69) is 11.1 Å². The third kappa shape index (κ3) is 2.92. The fraction of sp³-hybridized carbons (Fsp3) is 0.100. The molecule has 0 saturated carbocycles. The van der Waals surface area contributed by atoms with Crippen molar-refractivity contribution in [1.82, 2.24) is 4.98 Å². The van der Waals surface area contributed by atoms with E-state index < -0.39 is 0 Å². The molecule has 0 aliphatic carbocycles. The molecule has 3 aromatic rings. The Bertz CT molecular complexity index is 950. The molecule has 24 heavy (non-hydrogen) atoms. The van der Waals surface area contributed by atoms with Gasteiger partial charge in [-0.15, -0.1) is 0 Å². The highest BCUT2D eigenvalue weighted by Gasteiger charge is 2.11. The molecule has 1 heterocycles. The SMILES string of the molecule is COc1ccc(/C(C#N)=C/c2ccnc3ccccc23)c(OC)c1. The molecule has 0 saturated heterocycles. The molecule has 0 aliphatic rings. The summed E-state index contributed by atoms with van der Waals surface area (Å²) in [5, 5.41) is 10.6. The van der Waals surface area contributed by atoms with Crippen LogP contribution in [-0.2, 0) is 0 Å². The molecular weight excluding hydrogens is 300 g/mol. The van der Waals surface area contributed by atoms with Crippen molar-refractivity contribution >= 4 is 22.6 Å². The second-order valence-electron chi connectivity index (χ2n) is 5.15. The standard InChI is InChI=1S/C20H16N2O2/c1-23-16-7-8-18(20(12-16)24-2)15(13-21)11-14-9-10-22-19-6-4-3-5-17(14)19/h3-12H,1-2H3/b15-11+. The third-order valence-corrected chi connectivity index (χ3v) is 3.80. The average Bonchev–Trinajstić information content (AvgIpc) is 2.65. The van der Waals surface area contributed by atoms with E-state index >= 15 is 0 Å². The van der Waals surface area contributed by atoms with Gasteiger partial charge in [0.25, 0.3) is 0 Å². The van der Waals surface area contributed by atoms with Crippen molar-refractivity contribution in [3.05, 3.63) is 65.9 Å². The predicted molar refractivity (Wildman–Crippen MR) is 94.8 cm³/mol. The second-order valence-corrected chi connectivity index (χ2v) is 5.15. The van der Waals surface area contributed by atoms with Gasteiger partial charge in [0, 0.05) is 23.2 Å². The summed E-state index contributed by atoms with van der Waals surface area (Å²) < 4.78 is 10.6. The molecule has 4 nitrogen and oxygen atoms in total. The maximum absolute atomic E-state index is 9.64. The summed E-state index contributed by atoms with van der Waals surface area (Å²) in [7, 11) is 3.17. The topological polar surface area (TPSA) is 55.1 Å². The highest BCUT2D eigenvalue weighted by atomic mass is 16.5. The van der Waals surface area contributed by atoms with Gasteiger partial charge in [0.05, 0.1) is 31.4 Å². The normalized spacial score (nSPS) is 11.1.